The van der Waals surface area contributed by atoms with Gasteiger partial charge in [0.1, 0.15) is 0 Å². The summed E-state index contributed by atoms with van der Waals surface area (Å²) < 4.78 is 0. The van der Waals surface area contributed by atoms with Gasteiger partial charge in [0, 0.05) is 5.02 Å². The molecule has 0 heterocycles. The molecule has 15 heavy (non-hydrogen) atoms. The van der Waals surface area contributed by atoms with Gasteiger partial charge in [-0.25, -0.2) is 0 Å². The van der Waals surface area contributed by atoms with Crippen molar-refractivity contribution >= 4 is 11.6 Å². The highest BCUT2D eigenvalue weighted by atomic mass is 35.5. The fourth-order valence-electron chi connectivity index (χ4n) is 2.13. The number of hydrogen-bond acceptors (Lipinski definition) is 1. The van der Waals surface area contributed by atoms with E-state index in [0.717, 1.165) is 36.3 Å². The molecule has 1 aromatic carbocycles. The van der Waals surface area contributed by atoms with Gasteiger partial charge in [-0.05, 0) is 48.9 Å². The molecule has 0 saturated heterocycles. The largest absolute Gasteiger partial charge is 0.197 e. The number of nitriles is 1. The van der Waals surface area contributed by atoms with Gasteiger partial charge >= 0.3 is 0 Å². The minimum absolute atomic E-state index is 0.241. The lowest BCUT2D eigenvalue weighted by Gasteiger charge is -2.36. The van der Waals surface area contributed by atoms with Gasteiger partial charge in [0.25, 0.3) is 0 Å². The molecule has 0 aliphatic heterocycles. The molecule has 1 fully saturated rings. The summed E-state index contributed by atoms with van der Waals surface area (Å²) in [5.74, 6) is 0. The zero-order chi connectivity index (χ0) is 10.9. The minimum atomic E-state index is -0.241. The molecular formula is C13H14ClN. The number of rotatable bonds is 2. The van der Waals surface area contributed by atoms with Crippen LogP contribution in [0, 0.1) is 11.3 Å². The van der Waals surface area contributed by atoms with Gasteiger partial charge in [-0.2, -0.15) is 5.26 Å². The summed E-state index contributed by atoms with van der Waals surface area (Å²) in [7, 11) is 0. The standard InChI is InChI=1S/C13H14ClN/c1-2-10-6-11(8-12(14)7-10)13(9-15)4-3-5-13/h6-8H,2-5H2,1H3. The van der Waals surface area contributed by atoms with Crippen LogP contribution in [0.3, 0.4) is 0 Å². The first kappa shape index (κ1) is 10.5. The quantitative estimate of drug-likeness (QED) is 0.741. The zero-order valence-corrected chi connectivity index (χ0v) is 9.64. The molecule has 1 saturated carbocycles. The van der Waals surface area contributed by atoms with Crippen LogP contribution in [0.4, 0.5) is 0 Å². The molecule has 0 spiro atoms. The zero-order valence-electron chi connectivity index (χ0n) is 8.89. The second-order valence-corrected chi connectivity index (χ2v) is 4.69. The number of aryl methyl sites for hydroxylation is 1. The van der Waals surface area contributed by atoms with E-state index in [1.54, 1.807) is 0 Å². The molecule has 0 radical (unpaired) electrons. The first-order chi connectivity index (χ1) is 7.20. The second-order valence-electron chi connectivity index (χ2n) is 4.25. The van der Waals surface area contributed by atoms with E-state index >= 15 is 0 Å². The molecule has 1 aromatic rings. The Labute approximate surface area is 95.7 Å². The molecule has 0 amide bonds. The molecule has 0 unspecified atom stereocenters. The number of halogens is 1. The summed E-state index contributed by atoms with van der Waals surface area (Å²) in [6.07, 6.45) is 4.08. The van der Waals surface area contributed by atoms with E-state index in [1.165, 1.54) is 5.56 Å². The van der Waals surface area contributed by atoms with Crippen LogP contribution in [-0.4, -0.2) is 0 Å². The third-order valence-electron chi connectivity index (χ3n) is 3.34. The Balaban J connectivity index is 2.44. The highest BCUT2D eigenvalue weighted by Gasteiger charge is 2.39. The Morgan fingerprint density at radius 1 is 1.40 bits per heavy atom. The van der Waals surface area contributed by atoms with Crippen LogP contribution in [0.15, 0.2) is 18.2 Å². The Morgan fingerprint density at radius 2 is 2.13 bits per heavy atom. The monoisotopic (exact) mass is 219 g/mol. The first-order valence-electron chi connectivity index (χ1n) is 5.41. The summed E-state index contributed by atoms with van der Waals surface area (Å²) in [5.41, 5.74) is 2.09. The number of benzene rings is 1. The normalized spacial score (nSPS) is 17.9. The SMILES string of the molecule is CCc1cc(Cl)cc(C2(C#N)CCC2)c1. The van der Waals surface area contributed by atoms with Crippen molar-refractivity contribution in [2.24, 2.45) is 0 Å². The highest BCUT2D eigenvalue weighted by molar-refractivity contribution is 6.30. The van der Waals surface area contributed by atoms with Crippen LogP contribution >= 0.6 is 11.6 Å². The smallest absolute Gasteiger partial charge is 0.0823 e. The van der Waals surface area contributed by atoms with E-state index in [4.69, 9.17) is 11.6 Å². The van der Waals surface area contributed by atoms with Crippen molar-refractivity contribution in [1.82, 2.24) is 0 Å². The lowest BCUT2D eigenvalue weighted by atomic mass is 9.65. The van der Waals surface area contributed by atoms with E-state index in [9.17, 15) is 5.26 Å². The third kappa shape index (κ3) is 1.75. The van der Waals surface area contributed by atoms with E-state index < -0.39 is 0 Å². The number of hydrogen-bond donors (Lipinski definition) is 0. The molecule has 0 N–H and O–H groups in total. The second kappa shape index (κ2) is 3.87. The van der Waals surface area contributed by atoms with Crippen molar-refractivity contribution in [2.45, 2.75) is 38.0 Å². The Kier molecular flexibility index (Phi) is 2.71. The van der Waals surface area contributed by atoms with Crippen LogP contribution in [0.1, 0.15) is 37.3 Å². The molecule has 1 aliphatic carbocycles. The summed E-state index contributed by atoms with van der Waals surface area (Å²) in [6, 6.07) is 8.51. The fraction of sp³-hybridized carbons (Fsp3) is 0.462. The maximum Gasteiger partial charge on any atom is 0.0823 e. The predicted molar refractivity (Wildman–Crippen MR) is 62.0 cm³/mol. The fourth-order valence-corrected chi connectivity index (χ4v) is 2.38. The third-order valence-corrected chi connectivity index (χ3v) is 3.56. The maximum atomic E-state index is 9.25. The van der Waals surface area contributed by atoms with E-state index in [2.05, 4.69) is 19.1 Å². The van der Waals surface area contributed by atoms with Gasteiger partial charge in [-0.1, -0.05) is 24.6 Å². The van der Waals surface area contributed by atoms with Gasteiger partial charge in [-0.15, -0.1) is 0 Å². The molecule has 0 bridgehead atoms. The van der Waals surface area contributed by atoms with Crippen molar-refractivity contribution in [3.8, 4) is 6.07 Å². The average Bonchev–Trinajstić information content (AvgIpc) is 2.16. The van der Waals surface area contributed by atoms with Gasteiger partial charge in [0.15, 0.2) is 0 Å². The minimum Gasteiger partial charge on any atom is -0.197 e. The molecule has 1 aliphatic rings. The molecule has 78 valence electrons. The van der Waals surface area contributed by atoms with Crippen molar-refractivity contribution in [1.29, 1.82) is 5.26 Å². The molecule has 2 rings (SSSR count). The van der Waals surface area contributed by atoms with Crippen molar-refractivity contribution < 1.29 is 0 Å². The van der Waals surface area contributed by atoms with Crippen molar-refractivity contribution in [2.75, 3.05) is 0 Å². The van der Waals surface area contributed by atoms with Gasteiger partial charge in [0.05, 0.1) is 11.5 Å². The summed E-state index contributed by atoms with van der Waals surface area (Å²) in [4.78, 5) is 0. The lowest BCUT2D eigenvalue weighted by Crippen LogP contribution is -2.32. The van der Waals surface area contributed by atoms with Crippen molar-refractivity contribution in [3.05, 3.63) is 34.3 Å². The first-order valence-corrected chi connectivity index (χ1v) is 5.79. The summed E-state index contributed by atoms with van der Waals surface area (Å²) in [5, 5.41) is 10.0. The Hall–Kier alpha value is -1.00. The van der Waals surface area contributed by atoms with Crippen LogP contribution in [0.25, 0.3) is 0 Å². The van der Waals surface area contributed by atoms with Crippen LogP contribution in [-0.2, 0) is 11.8 Å². The molecule has 0 atom stereocenters. The van der Waals surface area contributed by atoms with E-state index in [0.29, 0.717) is 0 Å². The predicted octanol–water partition coefficient (Wildman–Crippen LogP) is 3.85. The van der Waals surface area contributed by atoms with Crippen LogP contribution < -0.4 is 0 Å². The average molecular weight is 220 g/mol. The Bertz CT molecular complexity index is 413. The molecular weight excluding hydrogens is 206 g/mol. The molecule has 0 aromatic heterocycles. The maximum absolute atomic E-state index is 9.25. The molecule has 2 heteroatoms. The van der Waals surface area contributed by atoms with E-state index in [1.807, 2.05) is 12.1 Å². The van der Waals surface area contributed by atoms with Crippen molar-refractivity contribution in [3.63, 3.8) is 0 Å². The Morgan fingerprint density at radius 3 is 2.60 bits per heavy atom. The van der Waals surface area contributed by atoms with Gasteiger partial charge in [0.2, 0.25) is 0 Å². The topological polar surface area (TPSA) is 23.8 Å². The van der Waals surface area contributed by atoms with Crippen LogP contribution in [0.2, 0.25) is 5.02 Å². The summed E-state index contributed by atoms with van der Waals surface area (Å²) >= 11 is 6.06. The molecule has 1 nitrogen and oxygen atoms in total. The number of nitrogens with zero attached hydrogens (tertiary/aromatic N) is 1. The van der Waals surface area contributed by atoms with Gasteiger partial charge < -0.3 is 0 Å². The van der Waals surface area contributed by atoms with Gasteiger partial charge in [-0.3, -0.25) is 0 Å². The van der Waals surface area contributed by atoms with E-state index in [-0.39, 0.29) is 5.41 Å². The summed E-state index contributed by atoms with van der Waals surface area (Å²) in [6.45, 7) is 2.11. The van der Waals surface area contributed by atoms with Crippen LogP contribution in [0.5, 0.6) is 0 Å². The lowest BCUT2D eigenvalue weighted by molar-refractivity contribution is 0.324. The highest BCUT2D eigenvalue weighted by Crippen LogP contribution is 2.44.